The van der Waals surface area contributed by atoms with E-state index in [0.29, 0.717) is 18.4 Å². The van der Waals surface area contributed by atoms with Gasteiger partial charge in [0.1, 0.15) is 12.7 Å². The summed E-state index contributed by atoms with van der Waals surface area (Å²) in [5.41, 5.74) is -1.48. The maximum absolute atomic E-state index is 12.9. The van der Waals surface area contributed by atoms with Crippen LogP contribution in [0.3, 0.4) is 0 Å². The van der Waals surface area contributed by atoms with E-state index < -0.39 is 23.0 Å². The number of ketones is 1. The minimum absolute atomic E-state index is 0.135. The van der Waals surface area contributed by atoms with Crippen LogP contribution in [0.1, 0.15) is 59.8 Å². The zero-order valence-corrected chi connectivity index (χ0v) is 15.7. The molecule has 0 radical (unpaired) electrons. The summed E-state index contributed by atoms with van der Waals surface area (Å²) in [5, 5.41) is 22.4. The third-order valence-corrected chi connectivity index (χ3v) is 7.31. The molecule has 140 valence electrons. The quantitative estimate of drug-likeness (QED) is 0.764. The normalized spacial score (nSPS) is 43.4. The maximum atomic E-state index is 12.9. The van der Waals surface area contributed by atoms with Crippen molar-refractivity contribution in [1.82, 2.24) is 0 Å². The smallest absolute Gasteiger partial charge is 0.334 e. The van der Waals surface area contributed by atoms with E-state index in [1.165, 1.54) is 0 Å². The fourth-order valence-electron chi connectivity index (χ4n) is 5.86. The average molecular weight is 350 g/mol. The molecular formula is C20H30O5. The molecule has 3 rings (SSSR count). The molecule has 0 spiro atoms. The number of hydrogen-bond donors (Lipinski definition) is 2. The summed E-state index contributed by atoms with van der Waals surface area (Å²) in [7, 11) is 0. The predicted octanol–water partition coefficient (Wildman–Crippen LogP) is 2.39. The van der Waals surface area contributed by atoms with Gasteiger partial charge in [0, 0.05) is 22.8 Å². The van der Waals surface area contributed by atoms with Gasteiger partial charge in [-0.25, -0.2) is 4.79 Å². The molecule has 0 aromatic carbocycles. The first kappa shape index (κ1) is 18.6. The van der Waals surface area contributed by atoms with Gasteiger partial charge in [-0.2, -0.15) is 0 Å². The second-order valence-electron chi connectivity index (χ2n) is 9.08. The van der Waals surface area contributed by atoms with Gasteiger partial charge in [-0.15, -0.1) is 0 Å². The third-order valence-electron chi connectivity index (χ3n) is 7.31. The van der Waals surface area contributed by atoms with Gasteiger partial charge in [0.25, 0.3) is 0 Å². The molecule has 5 unspecified atom stereocenters. The van der Waals surface area contributed by atoms with Crippen LogP contribution in [0.2, 0.25) is 0 Å². The van der Waals surface area contributed by atoms with Crippen LogP contribution in [0, 0.1) is 22.7 Å². The van der Waals surface area contributed by atoms with Crippen molar-refractivity contribution in [3.63, 3.8) is 0 Å². The van der Waals surface area contributed by atoms with Gasteiger partial charge >= 0.3 is 5.97 Å². The van der Waals surface area contributed by atoms with Gasteiger partial charge in [-0.05, 0) is 37.2 Å². The molecule has 2 saturated carbocycles. The summed E-state index contributed by atoms with van der Waals surface area (Å²) in [6, 6.07) is 0. The highest BCUT2D eigenvalue weighted by Gasteiger charge is 2.66. The highest BCUT2D eigenvalue weighted by atomic mass is 16.5. The summed E-state index contributed by atoms with van der Waals surface area (Å²) in [6.45, 7) is 8.17. The van der Waals surface area contributed by atoms with Crippen LogP contribution < -0.4 is 0 Å². The van der Waals surface area contributed by atoms with Crippen molar-refractivity contribution >= 4 is 11.8 Å². The van der Waals surface area contributed by atoms with Crippen molar-refractivity contribution in [3.8, 4) is 0 Å². The first-order valence-electron chi connectivity index (χ1n) is 9.35. The molecule has 0 aromatic rings. The number of ether oxygens (including phenoxy) is 1. The Bertz CT molecular complexity index is 622. The zero-order chi connectivity index (χ0) is 18.6. The number of carbonyl (C=O) groups excluding carboxylic acids is 2. The highest BCUT2D eigenvalue weighted by molar-refractivity contribution is 5.90. The van der Waals surface area contributed by atoms with Crippen molar-refractivity contribution in [2.24, 2.45) is 22.7 Å². The van der Waals surface area contributed by atoms with Crippen molar-refractivity contribution in [2.75, 3.05) is 6.61 Å². The number of aliphatic hydroxyl groups is 2. The number of esters is 1. The molecule has 2 fully saturated rings. The molecule has 0 saturated heterocycles. The van der Waals surface area contributed by atoms with E-state index in [4.69, 9.17) is 4.74 Å². The van der Waals surface area contributed by atoms with Crippen LogP contribution in [-0.2, 0) is 14.3 Å². The fraction of sp³-hybridized carbons (Fsp3) is 0.800. The van der Waals surface area contributed by atoms with Crippen LogP contribution >= 0.6 is 0 Å². The van der Waals surface area contributed by atoms with Gasteiger partial charge in [-0.3, -0.25) is 4.79 Å². The highest BCUT2D eigenvalue weighted by Crippen LogP contribution is 2.62. The standard InChI is InChI=1S/C20H30O5/c1-12-14(21)15(22)16-18(2,3)8-5-9-19(16,4)20(12,24)10-6-13-7-11-25-17(13)23/h7,12,14,16,21,24H,5-6,8-11H2,1-4H3. The minimum Gasteiger partial charge on any atom is -0.458 e. The zero-order valence-electron chi connectivity index (χ0n) is 15.7. The number of cyclic esters (lactones) is 1. The molecule has 2 N–H and O–H groups in total. The fourth-order valence-corrected chi connectivity index (χ4v) is 5.86. The van der Waals surface area contributed by atoms with E-state index in [1.54, 1.807) is 13.0 Å². The monoisotopic (exact) mass is 350 g/mol. The number of fused-ring (bicyclic) bond motifs is 1. The van der Waals surface area contributed by atoms with E-state index in [2.05, 4.69) is 13.8 Å². The average Bonchev–Trinajstić information content (AvgIpc) is 2.94. The van der Waals surface area contributed by atoms with Crippen LogP contribution in [0.5, 0.6) is 0 Å². The van der Waals surface area contributed by atoms with E-state index in [9.17, 15) is 19.8 Å². The summed E-state index contributed by atoms with van der Waals surface area (Å²) in [6.07, 6.45) is 3.96. The maximum Gasteiger partial charge on any atom is 0.334 e. The molecular weight excluding hydrogens is 320 g/mol. The lowest BCUT2D eigenvalue weighted by atomic mass is 9.43. The molecule has 5 heteroatoms. The Labute approximate surface area is 149 Å². The molecule has 0 bridgehead atoms. The molecule has 25 heavy (non-hydrogen) atoms. The Hall–Kier alpha value is -1.20. The molecule has 2 aliphatic carbocycles. The van der Waals surface area contributed by atoms with Crippen LogP contribution in [-0.4, -0.2) is 40.3 Å². The number of rotatable bonds is 3. The Balaban J connectivity index is 1.97. The van der Waals surface area contributed by atoms with E-state index >= 15 is 0 Å². The summed E-state index contributed by atoms with van der Waals surface area (Å²) >= 11 is 0. The van der Waals surface area contributed by atoms with Gasteiger partial charge in [0.05, 0.1) is 5.60 Å². The minimum atomic E-state index is -1.20. The summed E-state index contributed by atoms with van der Waals surface area (Å²) < 4.78 is 4.95. The Morgan fingerprint density at radius 3 is 2.52 bits per heavy atom. The van der Waals surface area contributed by atoms with Crippen LogP contribution in [0.25, 0.3) is 0 Å². The largest absolute Gasteiger partial charge is 0.458 e. The van der Waals surface area contributed by atoms with Gasteiger partial charge in [0.15, 0.2) is 5.78 Å². The van der Waals surface area contributed by atoms with Crippen LogP contribution in [0.4, 0.5) is 0 Å². The Kier molecular flexibility index (Phi) is 4.40. The lowest BCUT2D eigenvalue weighted by molar-refractivity contribution is -0.229. The molecule has 5 atom stereocenters. The van der Waals surface area contributed by atoms with Gasteiger partial charge in [-0.1, -0.05) is 34.1 Å². The van der Waals surface area contributed by atoms with Crippen LogP contribution in [0.15, 0.2) is 11.6 Å². The second kappa shape index (κ2) is 5.92. The van der Waals surface area contributed by atoms with E-state index in [1.807, 2.05) is 6.92 Å². The first-order valence-corrected chi connectivity index (χ1v) is 9.35. The lowest BCUT2D eigenvalue weighted by Gasteiger charge is -2.63. The number of hydrogen-bond acceptors (Lipinski definition) is 5. The number of Topliss-reactive ketones (excluding diaryl/α,β-unsaturated/α-hetero) is 1. The summed E-state index contributed by atoms with van der Waals surface area (Å²) in [5.74, 6) is -1.40. The molecule has 5 nitrogen and oxygen atoms in total. The van der Waals surface area contributed by atoms with Gasteiger partial charge < -0.3 is 14.9 Å². The van der Waals surface area contributed by atoms with Crippen molar-refractivity contribution in [1.29, 1.82) is 0 Å². The van der Waals surface area contributed by atoms with E-state index in [-0.39, 0.29) is 29.7 Å². The second-order valence-corrected chi connectivity index (χ2v) is 9.08. The van der Waals surface area contributed by atoms with E-state index in [0.717, 1.165) is 19.3 Å². The lowest BCUT2D eigenvalue weighted by Crippen LogP contribution is -2.69. The van der Waals surface area contributed by atoms with Crippen molar-refractivity contribution < 1.29 is 24.5 Å². The molecule has 3 aliphatic rings. The topological polar surface area (TPSA) is 83.8 Å². The van der Waals surface area contributed by atoms with Crippen molar-refractivity contribution in [3.05, 3.63) is 11.6 Å². The predicted molar refractivity (Wildman–Crippen MR) is 92.6 cm³/mol. The first-order chi connectivity index (χ1) is 11.5. The third kappa shape index (κ3) is 2.58. The molecule has 1 aliphatic heterocycles. The number of aliphatic hydroxyl groups excluding tert-OH is 1. The van der Waals surface area contributed by atoms with Crippen molar-refractivity contribution in [2.45, 2.75) is 71.5 Å². The number of carbonyl (C=O) groups is 2. The SMILES string of the molecule is CC1C(O)C(=O)C2C(C)(C)CCCC2(C)C1(O)CCC1=CCOC1=O. The molecule has 0 aromatic heterocycles. The van der Waals surface area contributed by atoms with Gasteiger partial charge in [0.2, 0.25) is 0 Å². The summed E-state index contributed by atoms with van der Waals surface area (Å²) in [4.78, 5) is 24.7. The Morgan fingerprint density at radius 1 is 1.24 bits per heavy atom. The Morgan fingerprint density at radius 2 is 1.92 bits per heavy atom. The molecule has 0 amide bonds. The molecule has 1 heterocycles.